The monoisotopic (exact) mass is 302 g/mol. The first-order valence-corrected chi connectivity index (χ1v) is 7.13. The molecule has 122 valence electrons. The minimum Gasteiger partial charge on any atom is -0.481 e. The fourth-order valence-electron chi connectivity index (χ4n) is 2.01. The molecule has 2 atom stereocenters. The Morgan fingerprint density at radius 2 is 1.71 bits per heavy atom. The summed E-state index contributed by atoms with van der Waals surface area (Å²) < 4.78 is 0. The first kappa shape index (κ1) is 19.2. The van der Waals surface area contributed by atoms with Crippen molar-refractivity contribution in [1.82, 2.24) is 10.2 Å². The number of carboxylic acids is 2. The number of carboxylic acid groups (broad SMARTS) is 2. The summed E-state index contributed by atoms with van der Waals surface area (Å²) in [6, 6.07) is -1.52. The lowest BCUT2D eigenvalue weighted by Gasteiger charge is -2.28. The van der Waals surface area contributed by atoms with Gasteiger partial charge in [0.2, 0.25) is 0 Å². The van der Waals surface area contributed by atoms with Gasteiger partial charge in [-0.25, -0.2) is 9.59 Å². The molecular weight excluding hydrogens is 276 g/mol. The number of hydrogen-bond donors (Lipinski definition) is 3. The lowest BCUT2D eigenvalue weighted by molar-refractivity contribution is -0.140. The summed E-state index contributed by atoms with van der Waals surface area (Å²) in [5.41, 5.74) is 0. The Labute approximate surface area is 125 Å². The van der Waals surface area contributed by atoms with Crippen LogP contribution in [0.2, 0.25) is 0 Å². The van der Waals surface area contributed by atoms with E-state index >= 15 is 0 Å². The lowest BCUT2D eigenvalue weighted by Crippen LogP contribution is -2.49. The van der Waals surface area contributed by atoms with Crippen molar-refractivity contribution >= 4 is 18.0 Å². The zero-order chi connectivity index (χ0) is 16.6. The van der Waals surface area contributed by atoms with Gasteiger partial charge in [-0.15, -0.1) is 0 Å². The fraction of sp³-hybridized carbons (Fsp3) is 0.786. The van der Waals surface area contributed by atoms with Crippen molar-refractivity contribution in [2.75, 3.05) is 7.05 Å². The maximum Gasteiger partial charge on any atom is 0.326 e. The molecule has 0 fully saturated rings. The van der Waals surface area contributed by atoms with E-state index in [0.717, 1.165) is 6.42 Å². The summed E-state index contributed by atoms with van der Waals surface area (Å²) in [6.45, 7) is 6.00. The third-order valence-corrected chi connectivity index (χ3v) is 3.27. The summed E-state index contributed by atoms with van der Waals surface area (Å²) in [6.07, 6.45) is 1.01. The normalized spacial score (nSPS) is 13.6. The SMILES string of the molecule is CC(C)CC(C)N(C)C(=O)N[C@H](CCCC(=O)O)C(=O)O. The van der Waals surface area contributed by atoms with Gasteiger partial charge in [0.05, 0.1) is 0 Å². The van der Waals surface area contributed by atoms with Crippen LogP contribution in [0.5, 0.6) is 0 Å². The van der Waals surface area contributed by atoms with Gasteiger partial charge in [0.25, 0.3) is 0 Å². The van der Waals surface area contributed by atoms with E-state index in [1.54, 1.807) is 7.05 Å². The van der Waals surface area contributed by atoms with Gasteiger partial charge in [-0.05, 0) is 32.1 Å². The van der Waals surface area contributed by atoms with Gasteiger partial charge in [0.15, 0.2) is 0 Å². The zero-order valence-corrected chi connectivity index (χ0v) is 13.1. The Balaban J connectivity index is 4.45. The van der Waals surface area contributed by atoms with E-state index < -0.39 is 24.0 Å². The molecule has 3 N–H and O–H groups in total. The predicted molar refractivity (Wildman–Crippen MR) is 78.1 cm³/mol. The Bertz CT molecular complexity index is 370. The third kappa shape index (κ3) is 8.16. The van der Waals surface area contributed by atoms with E-state index in [1.165, 1.54) is 4.90 Å². The number of aliphatic carboxylic acids is 2. The largest absolute Gasteiger partial charge is 0.481 e. The summed E-state index contributed by atoms with van der Waals surface area (Å²) in [5, 5.41) is 20.1. The van der Waals surface area contributed by atoms with Gasteiger partial charge < -0.3 is 20.4 Å². The molecule has 2 amide bonds. The van der Waals surface area contributed by atoms with E-state index in [1.807, 2.05) is 20.8 Å². The van der Waals surface area contributed by atoms with Crippen molar-refractivity contribution in [3.63, 3.8) is 0 Å². The molecule has 0 aliphatic rings. The highest BCUT2D eigenvalue weighted by atomic mass is 16.4. The smallest absolute Gasteiger partial charge is 0.326 e. The van der Waals surface area contributed by atoms with E-state index in [9.17, 15) is 14.4 Å². The number of nitrogens with one attached hydrogen (secondary N) is 1. The van der Waals surface area contributed by atoms with E-state index in [4.69, 9.17) is 10.2 Å². The molecule has 0 bridgehead atoms. The maximum atomic E-state index is 12.0. The minimum atomic E-state index is -1.15. The topological polar surface area (TPSA) is 107 Å². The maximum absolute atomic E-state index is 12.0. The fourth-order valence-corrected chi connectivity index (χ4v) is 2.01. The Morgan fingerprint density at radius 3 is 2.14 bits per heavy atom. The van der Waals surface area contributed by atoms with Crippen LogP contribution in [0.25, 0.3) is 0 Å². The average molecular weight is 302 g/mol. The molecule has 0 heterocycles. The van der Waals surface area contributed by atoms with E-state index in [0.29, 0.717) is 5.92 Å². The summed E-state index contributed by atoms with van der Waals surface area (Å²) in [7, 11) is 1.62. The first-order chi connectivity index (χ1) is 9.65. The molecule has 0 aromatic carbocycles. The standard InChI is InChI=1S/C14H26N2O5/c1-9(2)8-10(3)16(4)14(21)15-11(13(19)20)6-5-7-12(17)18/h9-11H,5-8H2,1-4H3,(H,15,21)(H,17,18)(H,19,20)/t10?,11-/m1/s1. The third-order valence-electron chi connectivity index (χ3n) is 3.27. The molecule has 0 saturated carbocycles. The number of urea groups is 1. The van der Waals surface area contributed by atoms with Crippen molar-refractivity contribution in [3.05, 3.63) is 0 Å². The number of hydrogen-bond acceptors (Lipinski definition) is 3. The van der Waals surface area contributed by atoms with Gasteiger partial charge in [0.1, 0.15) is 6.04 Å². The summed E-state index contributed by atoms with van der Waals surface area (Å²) in [5.74, 6) is -1.70. The van der Waals surface area contributed by atoms with Crippen LogP contribution in [0.15, 0.2) is 0 Å². The molecule has 0 spiro atoms. The van der Waals surface area contributed by atoms with Crippen LogP contribution in [-0.2, 0) is 9.59 Å². The lowest BCUT2D eigenvalue weighted by atomic mass is 10.0. The van der Waals surface area contributed by atoms with E-state index in [-0.39, 0.29) is 25.3 Å². The Kier molecular flexibility index (Phi) is 8.42. The molecule has 0 aliphatic carbocycles. The van der Waals surface area contributed by atoms with Gasteiger partial charge in [0, 0.05) is 19.5 Å². The van der Waals surface area contributed by atoms with Gasteiger partial charge in [-0.1, -0.05) is 13.8 Å². The summed E-state index contributed by atoms with van der Waals surface area (Å²) >= 11 is 0. The van der Waals surface area contributed by atoms with Crippen LogP contribution in [0.3, 0.4) is 0 Å². The van der Waals surface area contributed by atoms with Crippen molar-refractivity contribution < 1.29 is 24.6 Å². The second-order valence-corrected chi connectivity index (χ2v) is 5.72. The Morgan fingerprint density at radius 1 is 1.14 bits per heavy atom. The van der Waals surface area contributed by atoms with Crippen molar-refractivity contribution in [2.24, 2.45) is 5.92 Å². The van der Waals surface area contributed by atoms with Crippen LogP contribution in [0, 0.1) is 5.92 Å². The second-order valence-electron chi connectivity index (χ2n) is 5.72. The number of amides is 2. The molecule has 0 aliphatic heterocycles. The highest BCUT2D eigenvalue weighted by Crippen LogP contribution is 2.10. The first-order valence-electron chi connectivity index (χ1n) is 7.13. The number of rotatable bonds is 9. The van der Waals surface area contributed by atoms with Crippen LogP contribution < -0.4 is 5.32 Å². The van der Waals surface area contributed by atoms with Crippen LogP contribution >= 0.6 is 0 Å². The number of carbonyl (C=O) groups is 3. The van der Waals surface area contributed by atoms with Crippen LogP contribution in [0.1, 0.15) is 46.5 Å². The Hall–Kier alpha value is -1.79. The van der Waals surface area contributed by atoms with Gasteiger partial charge in [-0.3, -0.25) is 4.79 Å². The number of carbonyl (C=O) groups excluding carboxylic acids is 1. The van der Waals surface area contributed by atoms with Crippen molar-refractivity contribution in [1.29, 1.82) is 0 Å². The molecular formula is C14H26N2O5. The molecule has 0 rings (SSSR count). The van der Waals surface area contributed by atoms with Gasteiger partial charge >= 0.3 is 18.0 Å². The molecule has 7 nitrogen and oxygen atoms in total. The molecule has 0 saturated heterocycles. The average Bonchev–Trinajstić information content (AvgIpc) is 2.34. The van der Waals surface area contributed by atoms with E-state index in [2.05, 4.69) is 5.32 Å². The minimum absolute atomic E-state index is 0.00142. The van der Waals surface area contributed by atoms with Crippen molar-refractivity contribution in [2.45, 2.75) is 58.5 Å². The highest BCUT2D eigenvalue weighted by Gasteiger charge is 2.24. The summed E-state index contributed by atoms with van der Waals surface area (Å²) in [4.78, 5) is 35.0. The van der Waals surface area contributed by atoms with Crippen LogP contribution in [0.4, 0.5) is 4.79 Å². The van der Waals surface area contributed by atoms with Gasteiger partial charge in [-0.2, -0.15) is 0 Å². The molecule has 21 heavy (non-hydrogen) atoms. The van der Waals surface area contributed by atoms with Crippen LogP contribution in [-0.4, -0.2) is 52.2 Å². The molecule has 7 heteroatoms. The zero-order valence-electron chi connectivity index (χ0n) is 13.1. The quantitative estimate of drug-likeness (QED) is 0.601. The predicted octanol–water partition coefficient (Wildman–Crippen LogP) is 1.77. The molecule has 0 radical (unpaired) electrons. The highest BCUT2D eigenvalue weighted by molar-refractivity contribution is 5.82. The molecule has 0 aromatic rings. The second kappa shape index (κ2) is 9.20. The molecule has 0 aromatic heterocycles. The number of nitrogens with zero attached hydrogens (tertiary/aromatic N) is 1. The van der Waals surface area contributed by atoms with Crippen molar-refractivity contribution in [3.8, 4) is 0 Å². The molecule has 1 unspecified atom stereocenters.